The second kappa shape index (κ2) is 10.1. The molecule has 0 amide bonds. The molecule has 6 nitrogen and oxygen atoms in total. The van der Waals surface area contributed by atoms with Gasteiger partial charge in [0.05, 0.1) is 19.4 Å². The van der Waals surface area contributed by atoms with E-state index in [0.717, 1.165) is 28.3 Å². The van der Waals surface area contributed by atoms with E-state index in [2.05, 4.69) is 10.3 Å². The van der Waals surface area contributed by atoms with E-state index in [1.165, 1.54) is 7.11 Å². The van der Waals surface area contributed by atoms with E-state index in [0.29, 0.717) is 18.9 Å². The van der Waals surface area contributed by atoms with Crippen molar-refractivity contribution in [1.29, 1.82) is 0 Å². The van der Waals surface area contributed by atoms with Gasteiger partial charge in [-0.2, -0.15) is 0 Å². The summed E-state index contributed by atoms with van der Waals surface area (Å²) in [6.45, 7) is 6.23. The molecule has 1 aromatic heterocycles. The Bertz CT molecular complexity index is 951. The smallest absolute Gasteiger partial charge is 0.322 e. The van der Waals surface area contributed by atoms with Crippen molar-refractivity contribution in [2.45, 2.75) is 39.3 Å². The van der Waals surface area contributed by atoms with Crippen molar-refractivity contribution in [3.05, 3.63) is 71.6 Å². The van der Waals surface area contributed by atoms with Gasteiger partial charge in [0.25, 0.3) is 0 Å². The number of aryl methyl sites for hydroxylation is 1. The number of ether oxygens (including phenoxy) is 2. The van der Waals surface area contributed by atoms with Gasteiger partial charge in [-0.05, 0) is 50.6 Å². The molecule has 0 saturated heterocycles. The second-order valence-electron chi connectivity index (χ2n) is 7.19. The number of benzene rings is 2. The van der Waals surface area contributed by atoms with Crippen LogP contribution < -0.4 is 10.1 Å². The minimum atomic E-state index is -0.368. The zero-order chi connectivity index (χ0) is 21.5. The van der Waals surface area contributed by atoms with Gasteiger partial charge >= 0.3 is 5.97 Å². The van der Waals surface area contributed by atoms with E-state index >= 15 is 0 Å². The van der Waals surface area contributed by atoms with Crippen LogP contribution >= 0.6 is 0 Å². The molecule has 0 aliphatic heterocycles. The minimum absolute atomic E-state index is 0.0161. The molecule has 0 fully saturated rings. The van der Waals surface area contributed by atoms with E-state index < -0.39 is 0 Å². The highest BCUT2D eigenvalue weighted by molar-refractivity contribution is 5.75. The van der Waals surface area contributed by atoms with Crippen LogP contribution in [0.25, 0.3) is 11.5 Å². The van der Waals surface area contributed by atoms with Crippen LogP contribution in [0.3, 0.4) is 0 Å². The number of hydrogen-bond acceptors (Lipinski definition) is 6. The molecule has 30 heavy (non-hydrogen) atoms. The SMILES string of the molecule is COC(=O)[C@H](C)N[C@H](C)c1ccc(OCCc2nc(-c3ccccc3)oc2C)cc1. The van der Waals surface area contributed by atoms with Crippen LogP contribution in [0.5, 0.6) is 5.75 Å². The topological polar surface area (TPSA) is 73.6 Å². The molecule has 0 unspecified atom stereocenters. The number of esters is 1. The largest absolute Gasteiger partial charge is 0.493 e. The summed E-state index contributed by atoms with van der Waals surface area (Å²) < 4.78 is 16.4. The van der Waals surface area contributed by atoms with Gasteiger partial charge in [0.1, 0.15) is 17.6 Å². The van der Waals surface area contributed by atoms with E-state index in [1.807, 2.05) is 68.4 Å². The third-order valence-corrected chi connectivity index (χ3v) is 4.96. The lowest BCUT2D eigenvalue weighted by molar-refractivity contribution is -0.142. The summed E-state index contributed by atoms with van der Waals surface area (Å²) >= 11 is 0. The highest BCUT2D eigenvalue weighted by atomic mass is 16.5. The number of methoxy groups -OCH3 is 1. The van der Waals surface area contributed by atoms with Crippen molar-refractivity contribution >= 4 is 5.97 Å². The molecule has 0 aliphatic carbocycles. The Labute approximate surface area is 177 Å². The van der Waals surface area contributed by atoms with Crippen molar-refractivity contribution in [3.63, 3.8) is 0 Å². The lowest BCUT2D eigenvalue weighted by Gasteiger charge is -2.19. The molecule has 0 radical (unpaired) electrons. The summed E-state index contributed by atoms with van der Waals surface area (Å²) in [5.74, 6) is 1.96. The number of nitrogens with one attached hydrogen (secondary N) is 1. The van der Waals surface area contributed by atoms with Crippen LogP contribution in [-0.4, -0.2) is 30.7 Å². The van der Waals surface area contributed by atoms with Crippen molar-refractivity contribution in [2.24, 2.45) is 0 Å². The molecule has 3 rings (SSSR count). The molecular weight excluding hydrogens is 380 g/mol. The summed E-state index contributed by atoms with van der Waals surface area (Å²) in [6, 6.07) is 17.4. The van der Waals surface area contributed by atoms with Gasteiger partial charge in [0, 0.05) is 18.0 Å². The first-order valence-corrected chi connectivity index (χ1v) is 10.1. The third-order valence-electron chi connectivity index (χ3n) is 4.96. The zero-order valence-electron chi connectivity index (χ0n) is 17.8. The Morgan fingerprint density at radius 3 is 2.47 bits per heavy atom. The molecule has 0 saturated carbocycles. The molecule has 3 aromatic rings. The van der Waals surface area contributed by atoms with E-state index in [9.17, 15) is 4.79 Å². The molecule has 1 heterocycles. The lowest BCUT2D eigenvalue weighted by Crippen LogP contribution is -2.36. The van der Waals surface area contributed by atoms with E-state index in [-0.39, 0.29) is 18.1 Å². The van der Waals surface area contributed by atoms with Crippen LogP contribution in [0.1, 0.15) is 36.9 Å². The molecule has 6 heteroatoms. The van der Waals surface area contributed by atoms with Crippen molar-refractivity contribution in [2.75, 3.05) is 13.7 Å². The van der Waals surface area contributed by atoms with Gasteiger partial charge in [0.2, 0.25) is 5.89 Å². The van der Waals surface area contributed by atoms with E-state index in [1.54, 1.807) is 6.92 Å². The van der Waals surface area contributed by atoms with Crippen LogP contribution in [0.4, 0.5) is 0 Å². The molecule has 158 valence electrons. The maximum absolute atomic E-state index is 11.6. The summed E-state index contributed by atoms with van der Waals surface area (Å²) in [5.41, 5.74) is 2.94. The maximum atomic E-state index is 11.6. The number of hydrogen-bond donors (Lipinski definition) is 1. The number of carbonyl (C=O) groups is 1. The molecule has 0 aliphatic rings. The van der Waals surface area contributed by atoms with Gasteiger partial charge in [-0.15, -0.1) is 0 Å². The highest BCUT2D eigenvalue weighted by Gasteiger charge is 2.16. The Hall–Kier alpha value is -3.12. The summed E-state index contributed by atoms with van der Waals surface area (Å²) in [6.07, 6.45) is 0.665. The standard InChI is InChI=1S/C24H28N2O4/c1-16(25-17(2)24(27)28-4)19-10-12-21(13-11-19)29-15-14-22-18(3)30-23(26-22)20-8-6-5-7-9-20/h5-13,16-17,25H,14-15H2,1-4H3/t16-,17+/m1/s1. The Morgan fingerprint density at radius 2 is 1.80 bits per heavy atom. The predicted molar refractivity (Wildman–Crippen MR) is 115 cm³/mol. The van der Waals surface area contributed by atoms with Crippen LogP contribution in [0, 0.1) is 6.92 Å². The van der Waals surface area contributed by atoms with Gasteiger partial charge in [-0.3, -0.25) is 10.1 Å². The first kappa shape index (κ1) is 21.6. The molecule has 0 spiro atoms. The fourth-order valence-corrected chi connectivity index (χ4v) is 3.20. The maximum Gasteiger partial charge on any atom is 0.322 e. The minimum Gasteiger partial charge on any atom is -0.493 e. The number of carbonyl (C=O) groups excluding carboxylic acids is 1. The quantitative estimate of drug-likeness (QED) is 0.526. The number of nitrogens with zero attached hydrogens (tertiary/aromatic N) is 1. The van der Waals surface area contributed by atoms with E-state index in [4.69, 9.17) is 13.9 Å². The van der Waals surface area contributed by atoms with Gasteiger partial charge in [-0.25, -0.2) is 4.98 Å². The number of rotatable bonds is 9. The first-order valence-electron chi connectivity index (χ1n) is 10.1. The highest BCUT2D eigenvalue weighted by Crippen LogP contribution is 2.22. The van der Waals surface area contributed by atoms with Gasteiger partial charge in [0.15, 0.2) is 0 Å². The molecule has 1 N–H and O–H groups in total. The zero-order valence-corrected chi connectivity index (χ0v) is 17.8. The van der Waals surface area contributed by atoms with Crippen molar-refractivity contribution in [3.8, 4) is 17.2 Å². The lowest BCUT2D eigenvalue weighted by atomic mass is 10.1. The third kappa shape index (κ3) is 5.48. The average molecular weight is 408 g/mol. The van der Waals surface area contributed by atoms with Gasteiger partial charge < -0.3 is 13.9 Å². The van der Waals surface area contributed by atoms with Crippen molar-refractivity contribution < 1.29 is 18.7 Å². The summed E-state index contributed by atoms with van der Waals surface area (Å²) in [5, 5.41) is 3.22. The van der Waals surface area contributed by atoms with Gasteiger partial charge in [-0.1, -0.05) is 30.3 Å². The molecule has 0 bridgehead atoms. The monoisotopic (exact) mass is 408 g/mol. The Kier molecular flexibility index (Phi) is 7.25. The molecule has 2 atom stereocenters. The number of aromatic nitrogens is 1. The fourth-order valence-electron chi connectivity index (χ4n) is 3.20. The molecule has 2 aromatic carbocycles. The number of oxazole rings is 1. The van der Waals surface area contributed by atoms with Crippen LogP contribution in [0.2, 0.25) is 0 Å². The predicted octanol–water partition coefficient (Wildman–Crippen LogP) is 4.48. The fraction of sp³-hybridized carbons (Fsp3) is 0.333. The van der Waals surface area contributed by atoms with Crippen LogP contribution in [-0.2, 0) is 16.0 Å². The van der Waals surface area contributed by atoms with Crippen molar-refractivity contribution in [1.82, 2.24) is 10.3 Å². The summed E-state index contributed by atoms with van der Waals surface area (Å²) in [7, 11) is 1.39. The summed E-state index contributed by atoms with van der Waals surface area (Å²) in [4.78, 5) is 16.2. The van der Waals surface area contributed by atoms with Crippen LogP contribution in [0.15, 0.2) is 59.0 Å². The average Bonchev–Trinajstić information content (AvgIpc) is 3.14. The first-order chi connectivity index (χ1) is 14.5. The Morgan fingerprint density at radius 1 is 1.10 bits per heavy atom. The molecular formula is C24H28N2O4. The Balaban J connectivity index is 1.52. The second-order valence-corrected chi connectivity index (χ2v) is 7.19. The normalized spacial score (nSPS) is 12.9.